The minimum absolute atomic E-state index is 0.0943. The van der Waals surface area contributed by atoms with E-state index >= 15 is 0 Å². The molecule has 1 rings (SSSR count). The molecule has 0 aromatic heterocycles. The molecular formula is C14H19NO4. The Morgan fingerprint density at radius 2 is 2.05 bits per heavy atom. The first-order chi connectivity index (χ1) is 9.02. The molecule has 0 saturated heterocycles. The van der Waals surface area contributed by atoms with Crippen LogP contribution >= 0.6 is 0 Å². The van der Waals surface area contributed by atoms with Crippen LogP contribution in [0.25, 0.3) is 0 Å². The summed E-state index contributed by atoms with van der Waals surface area (Å²) in [4.78, 5) is 24.5. The summed E-state index contributed by atoms with van der Waals surface area (Å²) in [5.41, 5.74) is 0.840. The molecule has 0 aliphatic carbocycles. The molecule has 1 aromatic carbocycles. The van der Waals surface area contributed by atoms with Crippen molar-refractivity contribution < 1.29 is 19.4 Å². The van der Waals surface area contributed by atoms with Crippen LogP contribution < -0.4 is 0 Å². The predicted octanol–water partition coefficient (Wildman–Crippen LogP) is 1.69. The number of esters is 1. The Bertz CT molecular complexity index is 445. The molecule has 5 nitrogen and oxygen atoms in total. The van der Waals surface area contributed by atoms with E-state index in [0.717, 1.165) is 5.56 Å². The van der Waals surface area contributed by atoms with Crippen molar-refractivity contribution >= 4 is 11.9 Å². The molecule has 0 saturated carbocycles. The van der Waals surface area contributed by atoms with Crippen LogP contribution in [0.4, 0.5) is 0 Å². The van der Waals surface area contributed by atoms with Gasteiger partial charge in [0.2, 0.25) is 5.91 Å². The maximum Gasteiger partial charge on any atom is 0.306 e. The van der Waals surface area contributed by atoms with Gasteiger partial charge in [-0.3, -0.25) is 9.59 Å². The fourth-order valence-electron chi connectivity index (χ4n) is 1.65. The van der Waals surface area contributed by atoms with Gasteiger partial charge in [-0.05, 0) is 24.6 Å². The average molecular weight is 265 g/mol. The van der Waals surface area contributed by atoms with Crippen molar-refractivity contribution in [3.05, 3.63) is 29.8 Å². The second kappa shape index (κ2) is 7.41. The van der Waals surface area contributed by atoms with E-state index in [1.165, 1.54) is 4.90 Å². The van der Waals surface area contributed by atoms with Crippen LogP contribution in [0.5, 0.6) is 5.75 Å². The van der Waals surface area contributed by atoms with Crippen LogP contribution in [0, 0.1) is 0 Å². The van der Waals surface area contributed by atoms with Crippen LogP contribution in [-0.2, 0) is 20.9 Å². The molecule has 0 fully saturated rings. The van der Waals surface area contributed by atoms with Gasteiger partial charge >= 0.3 is 5.97 Å². The minimum Gasteiger partial charge on any atom is -0.508 e. The summed E-state index contributed by atoms with van der Waals surface area (Å²) in [6.07, 6.45) is 0.227. The molecule has 5 heteroatoms. The van der Waals surface area contributed by atoms with Gasteiger partial charge in [0.15, 0.2) is 0 Å². The highest BCUT2D eigenvalue weighted by molar-refractivity contribution is 5.81. The number of hydrogen-bond acceptors (Lipinski definition) is 4. The van der Waals surface area contributed by atoms with Crippen LogP contribution in [-0.4, -0.2) is 35.5 Å². The lowest BCUT2D eigenvalue weighted by Crippen LogP contribution is -2.26. The quantitative estimate of drug-likeness (QED) is 0.795. The van der Waals surface area contributed by atoms with E-state index in [2.05, 4.69) is 0 Å². The second-order valence-corrected chi connectivity index (χ2v) is 4.22. The highest BCUT2D eigenvalue weighted by atomic mass is 16.5. The minimum atomic E-state index is -0.360. The smallest absolute Gasteiger partial charge is 0.306 e. The summed E-state index contributed by atoms with van der Waals surface area (Å²) in [6.45, 7) is 2.45. The molecule has 0 heterocycles. The van der Waals surface area contributed by atoms with Gasteiger partial charge in [0.05, 0.1) is 13.0 Å². The van der Waals surface area contributed by atoms with Gasteiger partial charge in [-0.2, -0.15) is 0 Å². The van der Waals surface area contributed by atoms with Crippen molar-refractivity contribution in [2.45, 2.75) is 26.3 Å². The molecule has 0 spiro atoms. The number of aromatic hydroxyl groups is 1. The number of nitrogens with zero attached hydrogens (tertiary/aromatic N) is 1. The van der Waals surface area contributed by atoms with E-state index in [1.54, 1.807) is 32.2 Å². The fraction of sp³-hybridized carbons (Fsp3) is 0.429. The molecular weight excluding hydrogens is 246 g/mol. The summed E-state index contributed by atoms with van der Waals surface area (Å²) in [7, 11) is 1.66. The number of phenolic OH excluding ortho intramolecular Hbond substituents is 1. The molecule has 0 bridgehead atoms. The van der Waals surface area contributed by atoms with E-state index in [4.69, 9.17) is 4.74 Å². The van der Waals surface area contributed by atoms with E-state index < -0.39 is 0 Å². The van der Waals surface area contributed by atoms with E-state index in [-0.39, 0.29) is 30.5 Å². The molecule has 1 amide bonds. The summed E-state index contributed by atoms with van der Waals surface area (Å²) < 4.78 is 4.76. The molecule has 0 atom stereocenters. The van der Waals surface area contributed by atoms with Gasteiger partial charge in [0.25, 0.3) is 0 Å². The monoisotopic (exact) mass is 265 g/mol. The second-order valence-electron chi connectivity index (χ2n) is 4.22. The van der Waals surface area contributed by atoms with E-state index in [1.807, 2.05) is 6.07 Å². The molecule has 1 N–H and O–H groups in total. The van der Waals surface area contributed by atoms with Crippen LogP contribution in [0.1, 0.15) is 25.3 Å². The Balaban J connectivity index is 2.42. The third kappa shape index (κ3) is 5.42. The molecule has 19 heavy (non-hydrogen) atoms. The maximum atomic E-state index is 11.8. The Morgan fingerprint density at radius 3 is 2.68 bits per heavy atom. The van der Waals surface area contributed by atoms with Crippen LogP contribution in [0.2, 0.25) is 0 Å². The third-order valence-corrected chi connectivity index (χ3v) is 2.60. The average Bonchev–Trinajstić information content (AvgIpc) is 2.36. The SMILES string of the molecule is CCOC(=O)CCC(=O)N(C)Cc1cccc(O)c1. The number of amides is 1. The first-order valence-corrected chi connectivity index (χ1v) is 6.20. The topological polar surface area (TPSA) is 66.8 Å². The maximum absolute atomic E-state index is 11.8. The number of carbonyl (C=O) groups excluding carboxylic acids is 2. The molecule has 1 aromatic rings. The molecule has 0 aliphatic rings. The van der Waals surface area contributed by atoms with Crippen molar-refractivity contribution in [1.82, 2.24) is 4.90 Å². The molecule has 0 radical (unpaired) electrons. The predicted molar refractivity (Wildman–Crippen MR) is 70.4 cm³/mol. The fourth-order valence-corrected chi connectivity index (χ4v) is 1.65. The Labute approximate surface area is 112 Å². The Morgan fingerprint density at radius 1 is 1.32 bits per heavy atom. The van der Waals surface area contributed by atoms with Crippen molar-refractivity contribution in [2.24, 2.45) is 0 Å². The van der Waals surface area contributed by atoms with Gasteiger partial charge in [0, 0.05) is 20.0 Å². The lowest BCUT2D eigenvalue weighted by Gasteiger charge is -2.17. The summed E-state index contributed by atoms with van der Waals surface area (Å²) in [5.74, 6) is -0.317. The number of ether oxygens (including phenoxy) is 1. The number of hydrogen-bond donors (Lipinski definition) is 1. The van der Waals surface area contributed by atoms with Crippen molar-refractivity contribution in [1.29, 1.82) is 0 Å². The van der Waals surface area contributed by atoms with E-state index in [0.29, 0.717) is 13.2 Å². The largest absolute Gasteiger partial charge is 0.508 e. The molecule has 0 unspecified atom stereocenters. The summed E-state index contributed by atoms with van der Waals surface area (Å²) in [5, 5.41) is 9.34. The van der Waals surface area contributed by atoms with E-state index in [9.17, 15) is 14.7 Å². The summed E-state index contributed by atoms with van der Waals surface area (Å²) in [6, 6.07) is 6.73. The van der Waals surface area contributed by atoms with Gasteiger partial charge in [-0.1, -0.05) is 12.1 Å². The number of carbonyl (C=O) groups is 2. The third-order valence-electron chi connectivity index (χ3n) is 2.60. The Hall–Kier alpha value is -2.04. The first kappa shape index (κ1) is 15.0. The zero-order valence-corrected chi connectivity index (χ0v) is 11.3. The van der Waals surface area contributed by atoms with Gasteiger partial charge < -0.3 is 14.7 Å². The zero-order valence-electron chi connectivity index (χ0n) is 11.3. The Kier molecular flexibility index (Phi) is 5.85. The zero-order chi connectivity index (χ0) is 14.3. The highest BCUT2D eigenvalue weighted by Crippen LogP contribution is 2.13. The standard InChI is InChI=1S/C14H19NO4/c1-3-19-14(18)8-7-13(17)15(2)10-11-5-4-6-12(16)9-11/h4-6,9,16H,3,7-8,10H2,1-2H3. The van der Waals surface area contributed by atoms with Crippen LogP contribution in [0.3, 0.4) is 0 Å². The van der Waals surface area contributed by atoms with Gasteiger partial charge in [-0.15, -0.1) is 0 Å². The highest BCUT2D eigenvalue weighted by Gasteiger charge is 2.12. The van der Waals surface area contributed by atoms with Crippen molar-refractivity contribution in [3.8, 4) is 5.75 Å². The van der Waals surface area contributed by atoms with Crippen LogP contribution in [0.15, 0.2) is 24.3 Å². The normalized spacial score (nSPS) is 10.0. The number of phenols is 1. The van der Waals surface area contributed by atoms with Gasteiger partial charge in [-0.25, -0.2) is 0 Å². The first-order valence-electron chi connectivity index (χ1n) is 6.20. The summed E-state index contributed by atoms with van der Waals surface area (Å²) >= 11 is 0. The number of benzene rings is 1. The molecule has 104 valence electrons. The van der Waals surface area contributed by atoms with Crippen molar-refractivity contribution in [2.75, 3.05) is 13.7 Å². The number of rotatable bonds is 6. The lowest BCUT2D eigenvalue weighted by molar-refractivity contribution is -0.145. The lowest BCUT2D eigenvalue weighted by atomic mass is 10.2. The molecule has 0 aliphatic heterocycles. The van der Waals surface area contributed by atoms with Crippen molar-refractivity contribution in [3.63, 3.8) is 0 Å². The van der Waals surface area contributed by atoms with Gasteiger partial charge in [0.1, 0.15) is 5.75 Å².